The molecule has 0 bridgehead atoms. The molecule has 0 aromatic carbocycles. The lowest BCUT2D eigenvalue weighted by atomic mass is 9.99. The minimum absolute atomic E-state index is 0.154. The molecule has 1 amide bonds. The Morgan fingerprint density at radius 1 is 1.25 bits per heavy atom. The standard InChI is InChI=1S/C11H18N2O3/c14-10(3-9-5-12-6-9)13-2-1-8(7-13)4-11(15)16/h8-9,12H,1-7H2,(H,15,16). The molecule has 0 saturated carbocycles. The summed E-state index contributed by atoms with van der Waals surface area (Å²) in [6, 6.07) is 0. The van der Waals surface area contributed by atoms with Gasteiger partial charge in [-0.15, -0.1) is 0 Å². The molecule has 90 valence electrons. The van der Waals surface area contributed by atoms with E-state index >= 15 is 0 Å². The number of aliphatic carboxylic acids is 1. The van der Waals surface area contributed by atoms with Gasteiger partial charge in [0.05, 0.1) is 0 Å². The first-order valence-electron chi connectivity index (χ1n) is 5.85. The summed E-state index contributed by atoms with van der Waals surface area (Å²) in [6.45, 7) is 3.25. The van der Waals surface area contributed by atoms with Gasteiger partial charge in [-0.05, 0) is 31.3 Å². The smallest absolute Gasteiger partial charge is 0.303 e. The van der Waals surface area contributed by atoms with Crippen LogP contribution in [0.25, 0.3) is 0 Å². The predicted molar refractivity (Wildman–Crippen MR) is 57.9 cm³/mol. The van der Waals surface area contributed by atoms with Gasteiger partial charge in [-0.2, -0.15) is 0 Å². The number of carbonyl (C=O) groups excluding carboxylic acids is 1. The van der Waals surface area contributed by atoms with Crippen molar-refractivity contribution >= 4 is 11.9 Å². The van der Waals surface area contributed by atoms with Crippen LogP contribution in [0.15, 0.2) is 0 Å². The van der Waals surface area contributed by atoms with Crippen LogP contribution < -0.4 is 5.32 Å². The fourth-order valence-electron chi connectivity index (χ4n) is 2.34. The number of carboxylic acid groups (broad SMARTS) is 1. The van der Waals surface area contributed by atoms with E-state index in [-0.39, 0.29) is 18.2 Å². The molecule has 2 fully saturated rings. The molecule has 0 aliphatic carbocycles. The maximum atomic E-state index is 11.8. The Labute approximate surface area is 94.8 Å². The Morgan fingerprint density at radius 2 is 2.00 bits per heavy atom. The zero-order chi connectivity index (χ0) is 11.5. The highest BCUT2D eigenvalue weighted by atomic mass is 16.4. The van der Waals surface area contributed by atoms with E-state index in [0.717, 1.165) is 26.1 Å². The van der Waals surface area contributed by atoms with Gasteiger partial charge in [0.15, 0.2) is 0 Å². The van der Waals surface area contributed by atoms with Crippen molar-refractivity contribution in [2.75, 3.05) is 26.2 Å². The first-order chi connectivity index (χ1) is 7.65. The Balaban J connectivity index is 1.74. The van der Waals surface area contributed by atoms with Crippen LogP contribution in [0.3, 0.4) is 0 Å². The van der Waals surface area contributed by atoms with Crippen molar-refractivity contribution in [1.82, 2.24) is 10.2 Å². The molecule has 2 rings (SSSR count). The molecule has 1 atom stereocenters. The van der Waals surface area contributed by atoms with Gasteiger partial charge in [-0.25, -0.2) is 0 Å². The zero-order valence-electron chi connectivity index (χ0n) is 9.32. The van der Waals surface area contributed by atoms with Gasteiger partial charge in [0.1, 0.15) is 0 Å². The fourth-order valence-corrected chi connectivity index (χ4v) is 2.34. The van der Waals surface area contributed by atoms with Crippen molar-refractivity contribution < 1.29 is 14.7 Å². The highest BCUT2D eigenvalue weighted by Crippen LogP contribution is 2.21. The zero-order valence-corrected chi connectivity index (χ0v) is 9.32. The van der Waals surface area contributed by atoms with E-state index in [2.05, 4.69) is 5.32 Å². The molecule has 0 aromatic rings. The molecule has 5 heteroatoms. The summed E-state index contributed by atoms with van der Waals surface area (Å²) < 4.78 is 0. The molecule has 0 spiro atoms. The van der Waals surface area contributed by atoms with Gasteiger partial charge in [-0.1, -0.05) is 0 Å². The summed E-state index contributed by atoms with van der Waals surface area (Å²) in [5.41, 5.74) is 0. The predicted octanol–water partition coefficient (Wildman–Crippen LogP) is -0.0809. The van der Waals surface area contributed by atoms with Crippen molar-refractivity contribution in [2.24, 2.45) is 11.8 Å². The fraction of sp³-hybridized carbons (Fsp3) is 0.818. The molecule has 2 heterocycles. The van der Waals surface area contributed by atoms with Crippen LogP contribution in [-0.2, 0) is 9.59 Å². The molecule has 0 aromatic heterocycles. The van der Waals surface area contributed by atoms with Gasteiger partial charge in [-0.3, -0.25) is 9.59 Å². The number of carboxylic acids is 1. The Bertz CT molecular complexity index is 289. The molecule has 5 nitrogen and oxygen atoms in total. The number of nitrogens with zero attached hydrogens (tertiary/aromatic N) is 1. The summed E-state index contributed by atoms with van der Waals surface area (Å²) in [6.07, 6.45) is 1.64. The molecule has 2 N–H and O–H groups in total. The van der Waals surface area contributed by atoms with E-state index in [4.69, 9.17) is 5.11 Å². The maximum absolute atomic E-state index is 11.8. The van der Waals surface area contributed by atoms with Gasteiger partial charge in [0.25, 0.3) is 0 Å². The number of hydrogen-bond acceptors (Lipinski definition) is 3. The Hall–Kier alpha value is -1.10. The average Bonchev–Trinajstić information content (AvgIpc) is 2.58. The molecule has 2 aliphatic rings. The van der Waals surface area contributed by atoms with E-state index in [1.54, 1.807) is 0 Å². The van der Waals surface area contributed by atoms with E-state index < -0.39 is 5.97 Å². The van der Waals surface area contributed by atoms with Gasteiger partial charge in [0, 0.05) is 25.9 Å². The lowest BCUT2D eigenvalue weighted by Gasteiger charge is -2.28. The quantitative estimate of drug-likeness (QED) is 0.703. The Morgan fingerprint density at radius 3 is 2.56 bits per heavy atom. The van der Waals surface area contributed by atoms with Crippen LogP contribution in [0.4, 0.5) is 0 Å². The third-order valence-corrected chi connectivity index (χ3v) is 3.43. The Kier molecular flexibility index (Phi) is 3.43. The van der Waals surface area contributed by atoms with Crippen molar-refractivity contribution in [3.63, 3.8) is 0 Å². The van der Waals surface area contributed by atoms with Crippen LogP contribution in [0, 0.1) is 11.8 Å². The van der Waals surface area contributed by atoms with Gasteiger partial charge < -0.3 is 15.3 Å². The third kappa shape index (κ3) is 2.72. The van der Waals surface area contributed by atoms with Crippen LogP contribution in [0.5, 0.6) is 0 Å². The van der Waals surface area contributed by atoms with Crippen LogP contribution in [0.1, 0.15) is 19.3 Å². The molecule has 2 aliphatic heterocycles. The molecule has 0 radical (unpaired) electrons. The normalized spacial score (nSPS) is 25.5. The van der Waals surface area contributed by atoms with Crippen molar-refractivity contribution in [1.29, 1.82) is 0 Å². The monoisotopic (exact) mass is 226 g/mol. The third-order valence-electron chi connectivity index (χ3n) is 3.43. The average molecular weight is 226 g/mol. The highest BCUT2D eigenvalue weighted by Gasteiger charge is 2.30. The van der Waals surface area contributed by atoms with Crippen LogP contribution in [0.2, 0.25) is 0 Å². The van der Waals surface area contributed by atoms with E-state index in [9.17, 15) is 9.59 Å². The maximum Gasteiger partial charge on any atom is 0.303 e. The first-order valence-corrected chi connectivity index (χ1v) is 5.85. The summed E-state index contributed by atoms with van der Waals surface area (Å²) >= 11 is 0. The second-order valence-electron chi connectivity index (χ2n) is 4.82. The first kappa shape index (κ1) is 11.4. The van der Waals surface area contributed by atoms with E-state index in [1.807, 2.05) is 4.90 Å². The minimum atomic E-state index is -0.762. The molecular weight excluding hydrogens is 208 g/mol. The summed E-state index contributed by atoms with van der Waals surface area (Å²) in [4.78, 5) is 24.2. The topological polar surface area (TPSA) is 69.6 Å². The minimum Gasteiger partial charge on any atom is -0.481 e. The van der Waals surface area contributed by atoms with Crippen LogP contribution >= 0.6 is 0 Å². The van der Waals surface area contributed by atoms with Gasteiger partial charge >= 0.3 is 5.97 Å². The number of likely N-dealkylation sites (tertiary alicyclic amines) is 1. The number of hydrogen-bond donors (Lipinski definition) is 2. The molecule has 1 unspecified atom stereocenters. The van der Waals surface area contributed by atoms with E-state index in [1.165, 1.54) is 0 Å². The van der Waals surface area contributed by atoms with Crippen molar-refractivity contribution in [3.05, 3.63) is 0 Å². The highest BCUT2D eigenvalue weighted by molar-refractivity contribution is 5.77. The number of nitrogens with one attached hydrogen (secondary N) is 1. The SMILES string of the molecule is O=C(O)CC1CCN(C(=O)CC2CNC2)C1. The second kappa shape index (κ2) is 4.82. The lowest BCUT2D eigenvalue weighted by molar-refractivity contribution is -0.138. The lowest BCUT2D eigenvalue weighted by Crippen LogP contribution is -2.45. The summed E-state index contributed by atoms with van der Waals surface area (Å²) in [7, 11) is 0. The number of carbonyl (C=O) groups is 2. The van der Waals surface area contributed by atoms with Crippen LogP contribution in [-0.4, -0.2) is 48.1 Å². The molecule has 2 saturated heterocycles. The number of amides is 1. The van der Waals surface area contributed by atoms with Crippen molar-refractivity contribution in [2.45, 2.75) is 19.3 Å². The molecule has 16 heavy (non-hydrogen) atoms. The second-order valence-corrected chi connectivity index (χ2v) is 4.82. The largest absolute Gasteiger partial charge is 0.481 e. The summed E-state index contributed by atoms with van der Waals surface area (Å²) in [5, 5.41) is 11.8. The summed E-state index contributed by atoms with van der Waals surface area (Å²) in [5.74, 6) is 0.0777. The number of rotatable bonds is 4. The van der Waals surface area contributed by atoms with Gasteiger partial charge in [0.2, 0.25) is 5.91 Å². The van der Waals surface area contributed by atoms with E-state index in [0.29, 0.717) is 18.9 Å². The molecular formula is C11H18N2O3. The van der Waals surface area contributed by atoms with Crippen molar-refractivity contribution in [3.8, 4) is 0 Å².